The van der Waals surface area contributed by atoms with Crippen LogP contribution in [0.2, 0.25) is 0 Å². The van der Waals surface area contributed by atoms with E-state index in [0.717, 1.165) is 11.1 Å². The molecule has 82 heavy (non-hydrogen) atoms. The Hall–Kier alpha value is -6.49. The highest BCUT2D eigenvalue weighted by atomic mass is 16.7. The van der Waals surface area contributed by atoms with E-state index in [-0.39, 0.29) is 29.3 Å². The van der Waals surface area contributed by atoms with E-state index in [1.54, 1.807) is 44.2 Å². The summed E-state index contributed by atoms with van der Waals surface area (Å²) in [5.74, 6) is 0.328. The van der Waals surface area contributed by atoms with Gasteiger partial charge >= 0.3 is 17.2 Å². The van der Waals surface area contributed by atoms with E-state index in [4.69, 9.17) is 56.6 Å². The Morgan fingerprint density at radius 2 is 1.04 bits per heavy atom. The van der Waals surface area contributed by atoms with E-state index in [0.29, 0.717) is 39.2 Å². The van der Waals surface area contributed by atoms with Crippen molar-refractivity contribution in [3.8, 4) is 23.0 Å². The van der Waals surface area contributed by atoms with Crippen LogP contribution in [0.3, 0.4) is 0 Å². The first-order valence-electron chi connectivity index (χ1n) is 25.3. The molecule has 28 heteroatoms. The highest BCUT2D eigenvalue weighted by molar-refractivity contribution is 5.82. The van der Waals surface area contributed by atoms with Gasteiger partial charge < -0.3 is 123 Å². The van der Waals surface area contributed by atoms with Gasteiger partial charge in [-0.15, -0.1) is 0 Å². The van der Waals surface area contributed by atoms with Gasteiger partial charge in [-0.2, -0.15) is 0 Å². The van der Waals surface area contributed by atoms with Gasteiger partial charge in [0.05, 0.1) is 19.8 Å². The summed E-state index contributed by atoms with van der Waals surface area (Å²) in [5, 5.41) is 139. The topological polar surface area (TPSA) is 444 Å². The van der Waals surface area contributed by atoms with E-state index in [1.165, 1.54) is 30.3 Å². The molecular weight excluding hydrogens is 1100 g/mol. The maximum absolute atomic E-state index is 11.7. The zero-order chi connectivity index (χ0) is 59.6. The molecule has 4 fully saturated rings. The van der Waals surface area contributed by atoms with Crippen LogP contribution in [0.4, 0.5) is 0 Å². The number of carbonyl (C=O) groups is 1. The van der Waals surface area contributed by atoms with Gasteiger partial charge in [0.2, 0.25) is 18.9 Å². The molecule has 0 saturated carbocycles. The minimum Gasteiger partial charge on any atom is -0.479 e. The minimum atomic E-state index is -1.80. The van der Waals surface area contributed by atoms with Crippen LogP contribution in [-0.2, 0) is 28.5 Å². The quantitative estimate of drug-likeness (QED) is 0.0598. The molecule has 0 radical (unpaired) electrons. The van der Waals surface area contributed by atoms with Crippen molar-refractivity contribution in [1.82, 2.24) is 0 Å². The molecule has 19 atom stereocenters. The first-order valence-corrected chi connectivity index (χ1v) is 25.3. The van der Waals surface area contributed by atoms with E-state index < -0.39 is 147 Å². The molecule has 28 nitrogen and oxygen atoms in total. The second kappa shape index (κ2) is 26.0. The summed E-state index contributed by atoms with van der Waals surface area (Å²) in [7, 11) is 0. The average Bonchev–Trinajstić information content (AvgIpc) is 3.58. The summed E-state index contributed by atoms with van der Waals surface area (Å²) in [4.78, 5) is 34.2. The van der Waals surface area contributed by atoms with Crippen molar-refractivity contribution in [2.75, 3.05) is 19.8 Å². The predicted octanol–water partition coefficient (Wildman–Crippen LogP) is -2.71. The Bertz CT molecular complexity index is 3210. The number of benzene rings is 3. The fourth-order valence-corrected chi connectivity index (χ4v) is 9.21. The number of rotatable bonds is 11. The van der Waals surface area contributed by atoms with Gasteiger partial charge in [-0.25, -0.2) is 14.4 Å². The molecular formula is C54H62O28. The summed E-state index contributed by atoms with van der Waals surface area (Å²) in [6.07, 6.45) is -26.8. The fraction of sp³-hybridized carbons (Fsp3) is 0.463. The van der Waals surface area contributed by atoms with Crippen LogP contribution in [0, 0.1) is 13.8 Å². The number of aryl methyl sites for hydroxylation is 2. The summed E-state index contributed by atoms with van der Waals surface area (Å²) >= 11 is 0. The fourth-order valence-electron chi connectivity index (χ4n) is 9.21. The summed E-state index contributed by atoms with van der Waals surface area (Å²) in [5.41, 5.74) is 2.75. The third-order valence-corrected chi connectivity index (χ3v) is 13.8. The van der Waals surface area contributed by atoms with Crippen LogP contribution in [-0.4, -0.2) is 214 Å². The SMILES string of the molecule is C=C1C=C(C)c2ccc(O[C@@H]3OC[C@@H](O)[C@H](O)C3O)cc2O1.Cc1cc(=O)oc2cc(OC3OC(C(=O)O)C(O)C(O)C3O)ccc12.Cc1cc(=O)oc2cc(OC3OC(COC4OC(CO)C(O)C(O)C4O)C(O)C(O)C3O)ccc12. The zero-order valence-electron chi connectivity index (χ0n) is 43.7. The van der Waals surface area contributed by atoms with Gasteiger partial charge in [-0.3, -0.25) is 0 Å². The number of ether oxygens (including phenoxy) is 9. The van der Waals surface area contributed by atoms with Gasteiger partial charge in [0.25, 0.3) is 0 Å². The molecule has 5 aliphatic heterocycles. The van der Waals surface area contributed by atoms with E-state index in [9.17, 15) is 80.8 Å². The van der Waals surface area contributed by atoms with Crippen molar-refractivity contribution >= 4 is 33.5 Å². The number of hydrogen-bond acceptors (Lipinski definition) is 27. The number of carboxylic acid groups (broad SMARTS) is 1. The molecule has 4 saturated heterocycles. The third-order valence-electron chi connectivity index (χ3n) is 13.8. The molecule has 3 aromatic carbocycles. The Balaban J connectivity index is 0.000000166. The third kappa shape index (κ3) is 13.6. The Kier molecular flexibility index (Phi) is 19.5. The number of aliphatic hydroxyl groups excluding tert-OH is 13. The molecule has 446 valence electrons. The number of hydrogen-bond donors (Lipinski definition) is 14. The normalized spacial score (nSPS) is 33.5. The van der Waals surface area contributed by atoms with E-state index in [2.05, 4.69) is 6.58 Å². The highest BCUT2D eigenvalue weighted by Crippen LogP contribution is 2.37. The first kappa shape index (κ1) is 61.6. The van der Waals surface area contributed by atoms with Crippen molar-refractivity contribution in [2.45, 2.75) is 137 Å². The smallest absolute Gasteiger partial charge is 0.336 e. The second-order valence-electron chi connectivity index (χ2n) is 19.8. The molecule has 0 aliphatic carbocycles. The number of fused-ring (bicyclic) bond motifs is 3. The lowest BCUT2D eigenvalue weighted by molar-refractivity contribution is -0.323. The van der Waals surface area contributed by atoms with Crippen molar-refractivity contribution in [3.05, 3.63) is 123 Å². The van der Waals surface area contributed by atoms with Gasteiger partial charge in [0.15, 0.2) is 12.4 Å². The zero-order valence-corrected chi connectivity index (χ0v) is 43.7. The Morgan fingerprint density at radius 1 is 0.561 bits per heavy atom. The first-order chi connectivity index (χ1) is 38.8. The van der Waals surface area contributed by atoms with E-state index in [1.807, 2.05) is 19.1 Å². The number of aliphatic carboxylic acids is 1. The molecule has 10 rings (SSSR count). The minimum absolute atomic E-state index is 0.108. The molecule has 16 unspecified atom stereocenters. The van der Waals surface area contributed by atoms with Gasteiger partial charge in [0.1, 0.15) is 125 Å². The highest BCUT2D eigenvalue weighted by Gasteiger charge is 2.50. The number of carboxylic acids is 1. The summed E-state index contributed by atoms with van der Waals surface area (Å²) < 4.78 is 58.8. The molecule has 2 aromatic heterocycles. The van der Waals surface area contributed by atoms with Gasteiger partial charge in [-0.1, -0.05) is 6.58 Å². The van der Waals surface area contributed by atoms with Crippen LogP contribution in [0.15, 0.2) is 104 Å². The lowest BCUT2D eigenvalue weighted by Gasteiger charge is -2.42. The maximum atomic E-state index is 11.7. The van der Waals surface area contributed by atoms with Crippen LogP contribution < -0.4 is 30.2 Å². The molecule has 5 aliphatic rings. The number of allylic oxidation sites excluding steroid dienone is 2. The average molecular weight is 1160 g/mol. The largest absolute Gasteiger partial charge is 0.479 e. The van der Waals surface area contributed by atoms with E-state index >= 15 is 0 Å². The van der Waals surface area contributed by atoms with Crippen LogP contribution in [0.5, 0.6) is 23.0 Å². The Labute approximate surface area is 463 Å². The van der Waals surface area contributed by atoms with Crippen molar-refractivity contribution in [3.63, 3.8) is 0 Å². The second-order valence-corrected chi connectivity index (χ2v) is 19.8. The van der Waals surface area contributed by atoms with Gasteiger partial charge in [0, 0.05) is 46.7 Å². The summed E-state index contributed by atoms with van der Waals surface area (Å²) in [6, 6.07) is 17.0. The van der Waals surface area contributed by atoms with Crippen molar-refractivity contribution in [1.29, 1.82) is 0 Å². The van der Waals surface area contributed by atoms with Crippen molar-refractivity contribution < 1.29 is 128 Å². The van der Waals surface area contributed by atoms with Crippen LogP contribution in [0.25, 0.3) is 27.5 Å². The molecule has 7 heterocycles. The molecule has 0 bridgehead atoms. The standard InChI is InChI=1S/C22H28O13.C16H16O9.C16H18O6/c1-8-4-14(24)33-11-5-9(2-3-10(8)11)32-22-20(30)18(28)16(26)13(35-22)7-31-21-19(29)17(27)15(25)12(6-23)34-21;1-6-4-10(17)24-9-5-7(2-3-8(6)9)23-16-13(20)11(18)12(19)14(25-16)15(21)22;1-8-5-9(2)21-13-6-10(3-4-11(8)13)22-16-15(19)14(18)12(17)7-20-16/h2-5,12-13,15-23,25-30H,6-7H2,1H3;2-5,11-14,16,18-20H,1H3,(H,21,22);3-6,12,14-19H,2,7H2,1H3/t;;12-,14+,15?,16+/m..1/s1. The van der Waals surface area contributed by atoms with Crippen LogP contribution >= 0.6 is 0 Å². The lowest BCUT2D eigenvalue weighted by atomic mass is 9.98. The van der Waals surface area contributed by atoms with Gasteiger partial charge in [-0.05, 0) is 79.9 Å². The maximum Gasteiger partial charge on any atom is 0.336 e. The molecule has 5 aromatic rings. The number of aliphatic hydroxyl groups is 13. The van der Waals surface area contributed by atoms with Crippen LogP contribution in [0.1, 0.15) is 23.6 Å². The molecule has 0 spiro atoms. The summed E-state index contributed by atoms with van der Waals surface area (Å²) in [6.45, 7) is 7.96. The monoisotopic (exact) mass is 1160 g/mol. The molecule has 14 N–H and O–H groups in total. The predicted molar refractivity (Wildman–Crippen MR) is 275 cm³/mol. The Morgan fingerprint density at radius 3 is 1.60 bits per heavy atom. The lowest BCUT2D eigenvalue weighted by Crippen LogP contribution is -2.62. The molecule has 0 amide bonds. The van der Waals surface area contributed by atoms with Crippen molar-refractivity contribution in [2.24, 2.45) is 0 Å².